The summed E-state index contributed by atoms with van der Waals surface area (Å²) in [5.74, 6) is -2.27. The third-order valence-corrected chi connectivity index (χ3v) is 1.97. The van der Waals surface area contributed by atoms with Crippen LogP contribution in [0.1, 0.15) is 13.8 Å². The van der Waals surface area contributed by atoms with Gasteiger partial charge in [0.1, 0.15) is 6.54 Å². The van der Waals surface area contributed by atoms with Gasteiger partial charge in [-0.1, -0.05) is 0 Å². The van der Waals surface area contributed by atoms with Gasteiger partial charge in [-0.3, -0.25) is 4.79 Å². The van der Waals surface area contributed by atoms with Crippen molar-refractivity contribution in [3.8, 4) is 0 Å². The third-order valence-electron chi connectivity index (χ3n) is 1.97. The maximum absolute atomic E-state index is 12.0. The van der Waals surface area contributed by atoms with Crippen LogP contribution in [0.25, 0.3) is 0 Å². The summed E-state index contributed by atoms with van der Waals surface area (Å²) in [5.41, 5.74) is -0.474. The Kier molecular flexibility index (Phi) is 4.52. The van der Waals surface area contributed by atoms with Crippen molar-refractivity contribution in [2.24, 2.45) is 0 Å². The van der Waals surface area contributed by atoms with E-state index in [4.69, 9.17) is 5.11 Å². The Bertz CT molecular complexity index is 333. The lowest BCUT2D eigenvalue weighted by Crippen LogP contribution is -2.36. The molecule has 0 fully saturated rings. The van der Waals surface area contributed by atoms with Crippen LogP contribution in [0, 0.1) is 0 Å². The van der Waals surface area contributed by atoms with Crippen molar-refractivity contribution >= 4 is 11.9 Å². The zero-order valence-electron chi connectivity index (χ0n) is 9.05. The highest BCUT2D eigenvalue weighted by Gasteiger charge is 2.31. The number of carbonyl (C=O) groups excluding carboxylic acids is 1. The van der Waals surface area contributed by atoms with Crippen LogP contribution in [-0.2, 0) is 9.59 Å². The van der Waals surface area contributed by atoms with Crippen molar-refractivity contribution in [2.75, 3.05) is 13.6 Å². The van der Waals surface area contributed by atoms with Gasteiger partial charge < -0.3 is 10.0 Å². The number of carbonyl (C=O) groups is 2. The van der Waals surface area contributed by atoms with Crippen molar-refractivity contribution < 1.29 is 27.9 Å². The number of carboxylic acid groups (broad SMARTS) is 1. The minimum Gasteiger partial charge on any atom is -0.478 e. The van der Waals surface area contributed by atoms with Gasteiger partial charge in [-0.05, 0) is 13.8 Å². The molecular weight excluding hydrogens is 227 g/mol. The van der Waals surface area contributed by atoms with E-state index in [1.54, 1.807) is 0 Å². The molecule has 0 aromatic carbocycles. The number of hydrogen-bond donors (Lipinski definition) is 1. The lowest BCUT2D eigenvalue weighted by atomic mass is 10.1. The first-order valence-corrected chi connectivity index (χ1v) is 4.29. The molecule has 0 aliphatic carbocycles. The average Bonchev–Trinajstić information content (AvgIpc) is 2.11. The summed E-state index contributed by atoms with van der Waals surface area (Å²) in [4.78, 5) is 22.3. The van der Waals surface area contributed by atoms with E-state index in [0.29, 0.717) is 4.90 Å². The minimum atomic E-state index is -4.50. The van der Waals surface area contributed by atoms with E-state index in [2.05, 4.69) is 0 Å². The normalized spacial score (nSPS) is 13.1. The van der Waals surface area contributed by atoms with E-state index in [1.165, 1.54) is 6.92 Å². The molecule has 4 nitrogen and oxygen atoms in total. The fourth-order valence-corrected chi connectivity index (χ4v) is 0.948. The number of hydrogen-bond acceptors (Lipinski definition) is 2. The summed E-state index contributed by atoms with van der Waals surface area (Å²) in [6.07, 6.45) is -4.50. The number of nitrogens with zero attached hydrogens (tertiary/aromatic N) is 1. The minimum absolute atomic E-state index is 0.209. The van der Waals surface area contributed by atoms with Crippen molar-refractivity contribution in [1.82, 2.24) is 4.90 Å². The molecule has 0 atom stereocenters. The summed E-state index contributed by atoms with van der Waals surface area (Å²) in [6, 6.07) is 0. The molecule has 0 unspecified atom stereocenters. The first kappa shape index (κ1) is 14.5. The van der Waals surface area contributed by atoms with E-state index in [-0.39, 0.29) is 11.1 Å². The fourth-order valence-electron chi connectivity index (χ4n) is 0.948. The van der Waals surface area contributed by atoms with Crippen molar-refractivity contribution in [3.05, 3.63) is 11.1 Å². The molecule has 1 N–H and O–H groups in total. The number of aliphatic carboxylic acids is 1. The van der Waals surface area contributed by atoms with Gasteiger partial charge >= 0.3 is 12.1 Å². The maximum atomic E-state index is 12.0. The first-order valence-electron chi connectivity index (χ1n) is 4.29. The van der Waals surface area contributed by atoms with E-state index < -0.39 is 24.6 Å². The molecule has 0 bridgehead atoms. The van der Waals surface area contributed by atoms with E-state index >= 15 is 0 Å². The molecule has 0 spiro atoms. The molecule has 0 rings (SSSR count). The second-order valence-corrected chi connectivity index (χ2v) is 3.33. The third kappa shape index (κ3) is 4.33. The Hall–Kier alpha value is -1.53. The van der Waals surface area contributed by atoms with Gasteiger partial charge in [0.15, 0.2) is 0 Å². The Balaban J connectivity index is 4.82. The van der Waals surface area contributed by atoms with E-state index in [9.17, 15) is 22.8 Å². The Morgan fingerprint density at radius 3 is 1.94 bits per heavy atom. The monoisotopic (exact) mass is 239 g/mol. The number of likely N-dealkylation sites (N-methyl/N-ethyl adjacent to an activating group) is 1. The second kappa shape index (κ2) is 5.00. The van der Waals surface area contributed by atoms with Gasteiger partial charge in [-0.2, -0.15) is 13.2 Å². The summed E-state index contributed by atoms with van der Waals surface area (Å²) < 4.78 is 35.9. The molecule has 16 heavy (non-hydrogen) atoms. The molecule has 0 aromatic heterocycles. The van der Waals surface area contributed by atoms with Crippen LogP contribution in [0.4, 0.5) is 13.2 Å². The molecule has 0 aromatic rings. The van der Waals surface area contributed by atoms with Crippen LogP contribution in [0.2, 0.25) is 0 Å². The summed E-state index contributed by atoms with van der Waals surface area (Å²) >= 11 is 0. The van der Waals surface area contributed by atoms with Crippen molar-refractivity contribution in [1.29, 1.82) is 0 Å². The lowest BCUT2D eigenvalue weighted by Gasteiger charge is -2.19. The lowest BCUT2D eigenvalue weighted by molar-refractivity contribution is -0.156. The molecule has 7 heteroatoms. The van der Waals surface area contributed by atoms with Crippen molar-refractivity contribution in [3.63, 3.8) is 0 Å². The van der Waals surface area contributed by atoms with Gasteiger partial charge in [0.2, 0.25) is 5.91 Å². The smallest absolute Gasteiger partial charge is 0.406 e. The molecule has 0 aliphatic heterocycles. The van der Waals surface area contributed by atoms with Gasteiger partial charge in [0, 0.05) is 18.2 Å². The van der Waals surface area contributed by atoms with Crippen LogP contribution < -0.4 is 0 Å². The first-order chi connectivity index (χ1) is 7.06. The van der Waals surface area contributed by atoms with Crippen LogP contribution in [-0.4, -0.2) is 41.7 Å². The molecule has 0 saturated heterocycles. The highest BCUT2D eigenvalue weighted by molar-refractivity contribution is 6.01. The topological polar surface area (TPSA) is 57.6 Å². The Morgan fingerprint density at radius 2 is 1.62 bits per heavy atom. The molecule has 0 radical (unpaired) electrons. The quantitative estimate of drug-likeness (QED) is 0.758. The summed E-state index contributed by atoms with van der Waals surface area (Å²) in [7, 11) is 0.967. The van der Waals surface area contributed by atoms with Gasteiger partial charge in [0.25, 0.3) is 0 Å². The number of alkyl halides is 3. The number of carboxylic acids is 1. The molecule has 0 aliphatic rings. The number of halogens is 3. The maximum Gasteiger partial charge on any atom is 0.406 e. The van der Waals surface area contributed by atoms with Crippen LogP contribution in [0.5, 0.6) is 0 Å². The standard InChI is InChI=1S/C9H12F3NO3/c1-5(6(2)8(15)16)7(14)13(3)4-9(10,11)12/h4H2,1-3H3,(H,15,16). The zero-order chi connectivity index (χ0) is 13.1. The molecule has 0 saturated carbocycles. The summed E-state index contributed by atoms with van der Waals surface area (Å²) in [6.45, 7) is 0.936. The Labute approximate surface area is 90.3 Å². The van der Waals surface area contributed by atoms with Crippen LogP contribution in [0.3, 0.4) is 0 Å². The van der Waals surface area contributed by atoms with Gasteiger partial charge in [-0.25, -0.2) is 4.79 Å². The average molecular weight is 239 g/mol. The predicted molar refractivity (Wildman–Crippen MR) is 49.7 cm³/mol. The van der Waals surface area contributed by atoms with E-state index in [1.807, 2.05) is 0 Å². The van der Waals surface area contributed by atoms with E-state index in [0.717, 1.165) is 14.0 Å². The predicted octanol–water partition coefficient (Wildman–Crippen LogP) is 1.43. The zero-order valence-corrected chi connectivity index (χ0v) is 9.05. The number of rotatable bonds is 3. The Morgan fingerprint density at radius 1 is 1.19 bits per heavy atom. The van der Waals surface area contributed by atoms with Crippen LogP contribution in [0.15, 0.2) is 11.1 Å². The van der Waals surface area contributed by atoms with Crippen molar-refractivity contribution in [2.45, 2.75) is 20.0 Å². The molecule has 0 heterocycles. The van der Waals surface area contributed by atoms with Crippen LogP contribution >= 0.6 is 0 Å². The highest BCUT2D eigenvalue weighted by atomic mass is 19.4. The number of amides is 1. The molecule has 92 valence electrons. The fraction of sp³-hybridized carbons (Fsp3) is 0.556. The highest BCUT2D eigenvalue weighted by Crippen LogP contribution is 2.17. The molecule has 1 amide bonds. The van der Waals surface area contributed by atoms with Gasteiger partial charge in [-0.15, -0.1) is 0 Å². The SMILES string of the molecule is CC(C(=O)O)=C(C)C(=O)N(C)CC(F)(F)F. The summed E-state index contributed by atoms with van der Waals surface area (Å²) in [5, 5.41) is 8.56. The van der Waals surface area contributed by atoms with Gasteiger partial charge in [0.05, 0.1) is 0 Å². The molecular formula is C9H12F3NO3. The second-order valence-electron chi connectivity index (χ2n) is 3.33. The largest absolute Gasteiger partial charge is 0.478 e.